The minimum Gasteiger partial charge on any atom is -0.472 e. The van der Waals surface area contributed by atoms with Gasteiger partial charge in [-0.05, 0) is 41.9 Å². The molecular weight excluding hydrogens is 454 g/mol. The van der Waals surface area contributed by atoms with Crippen LogP contribution in [-0.4, -0.2) is 40.3 Å². The van der Waals surface area contributed by atoms with E-state index in [1.165, 1.54) is 10.6 Å². The van der Waals surface area contributed by atoms with Crippen LogP contribution in [0.3, 0.4) is 0 Å². The van der Waals surface area contributed by atoms with Crippen molar-refractivity contribution in [2.75, 3.05) is 25.0 Å². The largest absolute Gasteiger partial charge is 0.472 e. The summed E-state index contributed by atoms with van der Waals surface area (Å²) >= 11 is 3.14. The molecule has 0 atom stereocenters. The zero-order valence-electron chi connectivity index (χ0n) is 15.8. The molecular formula is C18H21BrF2N4O4. The van der Waals surface area contributed by atoms with Gasteiger partial charge in [-0.25, -0.2) is 8.78 Å². The van der Waals surface area contributed by atoms with Crippen LogP contribution in [0.2, 0.25) is 0 Å². The van der Waals surface area contributed by atoms with Crippen LogP contribution in [0.25, 0.3) is 0 Å². The number of anilines is 1. The van der Waals surface area contributed by atoms with Gasteiger partial charge in [0.2, 0.25) is 17.7 Å². The number of aliphatic hydroxyl groups is 1. The van der Waals surface area contributed by atoms with Gasteiger partial charge in [0, 0.05) is 24.2 Å². The monoisotopic (exact) mass is 474 g/mol. The minimum atomic E-state index is -0.782. The highest BCUT2D eigenvalue weighted by molar-refractivity contribution is 9.10. The van der Waals surface area contributed by atoms with E-state index in [1.807, 2.05) is 0 Å². The van der Waals surface area contributed by atoms with Gasteiger partial charge in [-0.1, -0.05) is 0 Å². The van der Waals surface area contributed by atoms with Gasteiger partial charge in [-0.3, -0.25) is 14.2 Å². The Kier molecular flexibility index (Phi) is 8.09. The molecule has 11 heteroatoms. The number of ether oxygens (including phenoxy) is 1. The third kappa shape index (κ3) is 5.97. The molecule has 1 heterocycles. The van der Waals surface area contributed by atoms with Crippen molar-refractivity contribution < 1.29 is 23.4 Å². The normalized spacial score (nSPS) is 10.9. The average molecular weight is 475 g/mol. The van der Waals surface area contributed by atoms with E-state index < -0.39 is 23.1 Å². The van der Waals surface area contributed by atoms with Crippen molar-refractivity contribution in [3.8, 4) is 5.88 Å². The van der Waals surface area contributed by atoms with Crippen LogP contribution in [0.1, 0.15) is 25.5 Å². The molecule has 0 unspecified atom stereocenters. The number of aromatic nitrogens is 2. The molecule has 0 saturated carbocycles. The van der Waals surface area contributed by atoms with Gasteiger partial charge in [0.1, 0.15) is 22.7 Å². The smallest absolute Gasteiger partial charge is 0.273 e. The summed E-state index contributed by atoms with van der Waals surface area (Å²) in [4.78, 5) is 28.7. The van der Waals surface area contributed by atoms with E-state index in [1.54, 1.807) is 13.8 Å². The van der Waals surface area contributed by atoms with Crippen LogP contribution in [0, 0.1) is 11.6 Å². The number of carbonyl (C=O) groups is 1. The predicted molar refractivity (Wildman–Crippen MR) is 106 cm³/mol. The minimum absolute atomic E-state index is 0.0315. The number of nitrogens with one attached hydrogen (secondary N) is 2. The Balaban J connectivity index is 2.27. The van der Waals surface area contributed by atoms with Crippen molar-refractivity contribution in [2.24, 2.45) is 0 Å². The number of aliphatic hydroxyl groups excluding tert-OH is 1. The predicted octanol–water partition coefficient (Wildman–Crippen LogP) is 1.96. The Labute approximate surface area is 174 Å². The summed E-state index contributed by atoms with van der Waals surface area (Å²) in [5.74, 6) is -1.91. The fraction of sp³-hybridized carbons (Fsp3) is 0.389. The van der Waals surface area contributed by atoms with Crippen LogP contribution in [0.4, 0.5) is 14.7 Å². The first-order chi connectivity index (χ1) is 13.7. The highest BCUT2D eigenvalue weighted by Gasteiger charge is 2.19. The summed E-state index contributed by atoms with van der Waals surface area (Å²) in [5, 5.41) is 14.0. The molecule has 3 N–H and O–H groups in total. The van der Waals surface area contributed by atoms with Crippen molar-refractivity contribution >= 4 is 27.8 Å². The van der Waals surface area contributed by atoms with Gasteiger partial charge in [0.15, 0.2) is 0 Å². The summed E-state index contributed by atoms with van der Waals surface area (Å²) < 4.78 is 33.7. The second-order valence-corrected chi connectivity index (χ2v) is 7.07. The summed E-state index contributed by atoms with van der Waals surface area (Å²) in [6.45, 7) is 2.97. The van der Waals surface area contributed by atoms with E-state index in [0.29, 0.717) is 0 Å². The first-order valence-corrected chi connectivity index (χ1v) is 9.54. The summed E-state index contributed by atoms with van der Waals surface area (Å²) in [6.07, 6.45) is 0. The van der Waals surface area contributed by atoms with Gasteiger partial charge in [-0.2, -0.15) is 4.98 Å². The summed E-state index contributed by atoms with van der Waals surface area (Å²) in [7, 11) is 0. The second-order valence-electron chi connectivity index (χ2n) is 6.27. The van der Waals surface area contributed by atoms with Gasteiger partial charge in [0.25, 0.3) is 5.56 Å². The van der Waals surface area contributed by atoms with E-state index in [2.05, 4.69) is 31.5 Å². The molecule has 29 heavy (non-hydrogen) atoms. The molecule has 0 aliphatic carbocycles. The maximum absolute atomic E-state index is 13.8. The SMILES string of the molecule is CC(C)n1c(NCC(=O)NCCO)nc(OCc2ccc(F)cc2F)c(Br)c1=O. The Hall–Kier alpha value is -2.53. The molecule has 0 aliphatic heterocycles. The van der Waals surface area contributed by atoms with Crippen LogP contribution in [0.15, 0.2) is 27.5 Å². The van der Waals surface area contributed by atoms with Crippen molar-refractivity contribution in [3.05, 3.63) is 50.2 Å². The third-order valence-electron chi connectivity index (χ3n) is 3.77. The standard InChI is InChI=1S/C18H21BrF2N4O4/c1-10(2)25-17(28)15(19)16(24-18(25)23-8-14(27)22-5-6-26)29-9-11-3-4-12(20)7-13(11)21/h3-4,7,10,26H,5-6,8-9H2,1-2H3,(H,22,27)(H,23,24). The topological polar surface area (TPSA) is 105 Å². The summed E-state index contributed by atoms with van der Waals surface area (Å²) in [6, 6.07) is 2.78. The third-order valence-corrected chi connectivity index (χ3v) is 4.45. The zero-order chi connectivity index (χ0) is 21.6. The Morgan fingerprint density at radius 1 is 1.38 bits per heavy atom. The Bertz CT molecular complexity index is 937. The average Bonchev–Trinajstić information content (AvgIpc) is 2.66. The number of carbonyl (C=O) groups excluding carboxylic acids is 1. The number of rotatable bonds is 9. The molecule has 8 nitrogen and oxygen atoms in total. The first-order valence-electron chi connectivity index (χ1n) is 8.74. The highest BCUT2D eigenvalue weighted by Crippen LogP contribution is 2.24. The summed E-state index contributed by atoms with van der Waals surface area (Å²) in [5.41, 5.74) is -0.367. The molecule has 158 valence electrons. The van der Waals surface area contributed by atoms with Crippen LogP contribution in [0.5, 0.6) is 5.88 Å². The molecule has 2 rings (SSSR count). The Morgan fingerprint density at radius 2 is 2.10 bits per heavy atom. The van der Waals surface area contributed by atoms with E-state index in [-0.39, 0.29) is 54.2 Å². The number of hydrogen-bond donors (Lipinski definition) is 3. The lowest BCUT2D eigenvalue weighted by molar-refractivity contribution is -0.119. The molecule has 0 spiro atoms. The van der Waals surface area contributed by atoms with Crippen molar-refractivity contribution in [1.82, 2.24) is 14.9 Å². The van der Waals surface area contributed by atoms with Gasteiger partial charge in [-0.15, -0.1) is 0 Å². The van der Waals surface area contributed by atoms with E-state index in [0.717, 1.165) is 12.1 Å². The molecule has 0 saturated heterocycles. The van der Waals surface area contributed by atoms with Crippen LogP contribution < -0.4 is 20.9 Å². The number of amides is 1. The lowest BCUT2D eigenvalue weighted by Gasteiger charge is -2.18. The van der Waals surface area contributed by atoms with Gasteiger partial charge in [0.05, 0.1) is 13.2 Å². The fourth-order valence-corrected chi connectivity index (χ4v) is 2.79. The number of nitrogens with zero attached hydrogens (tertiary/aromatic N) is 2. The van der Waals surface area contributed by atoms with E-state index in [4.69, 9.17) is 9.84 Å². The fourth-order valence-electron chi connectivity index (χ4n) is 2.39. The molecule has 0 bridgehead atoms. The van der Waals surface area contributed by atoms with Crippen LogP contribution >= 0.6 is 15.9 Å². The van der Waals surface area contributed by atoms with Crippen molar-refractivity contribution in [2.45, 2.75) is 26.5 Å². The molecule has 0 aliphatic rings. The van der Waals surface area contributed by atoms with E-state index in [9.17, 15) is 18.4 Å². The number of halogens is 3. The van der Waals surface area contributed by atoms with Gasteiger partial charge < -0.3 is 20.5 Å². The highest BCUT2D eigenvalue weighted by atomic mass is 79.9. The maximum Gasteiger partial charge on any atom is 0.273 e. The molecule has 0 fully saturated rings. The lowest BCUT2D eigenvalue weighted by Crippen LogP contribution is -2.34. The first kappa shape index (κ1) is 22.8. The lowest BCUT2D eigenvalue weighted by atomic mass is 10.2. The molecule has 2 aromatic rings. The van der Waals surface area contributed by atoms with Gasteiger partial charge >= 0.3 is 0 Å². The number of hydrogen-bond acceptors (Lipinski definition) is 6. The molecule has 1 amide bonds. The van der Waals surface area contributed by atoms with E-state index >= 15 is 0 Å². The molecule has 1 aromatic carbocycles. The van der Waals surface area contributed by atoms with Crippen LogP contribution in [-0.2, 0) is 11.4 Å². The molecule has 1 aromatic heterocycles. The quantitative estimate of drug-likeness (QED) is 0.513. The zero-order valence-corrected chi connectivity index (χ0v) is 17.4. The number of benzene rings is 1. The maximum atomic E-state index is 13.8. The van der Waals surface area contributed by atoms with Crippen molar-refractivity contribution in [3.63, 3.8) is 0 Å². The second kappa shape index (κ2) is 10.3. The Morgan fingerprint density at radius 3 is 2.72 bits per heavy atom. The van der Waals surface area contributed by atoms with Crippen molar-refractivity contribution in [1.29, 1.82) is 0 Å². The molecule has 0 radical (unpaired) electrons.